The van der Waals surface area contributed by atoms with Gasteiger partial charge in [-0.25, -0.2) is 0 Å². The van der Waals surface area contributed by atoms with Gasteiger partial charge in [0.25, 0.3) is 0 Å². The molecule has 4 heteroatoms. The lowest BCUT2D eigenvalue weighted by molar-refractivity contribution is -0.157. The summed E-state index contributed by atoms with van der Waals surface area (Å²) >= 11 is 0. The lowest BCUT2D eigenvalue weighted by Gasteiger charge is -2.59. The van der Waals surface area contributed by atoms with E-state index in [0.29, 0.717) is 19.3 Å². The minimum absolute atomic E-state index is 0.00558. The predicted molar refractivity (Wildman–Crippen MR) is 85.5 cm³/mol. The first-order chi connectivity index (χ1) is 10.8. The van der Waals surface area contributed by atoms with Crippen LogP contribution in [0.1, 0.15) is 52.4 Å². The molecule has 3 N–H and O–H groups in total. The van der Waals surface area contributed by atoms with E-state index in [9.17, 15) is 20.1 Å². The van der Waals surface area contributed by atoms with E-state index in [4.69, 9.17) is 0 Å². The van der Waals surface area contributed by atoms with Gasteiger partial charge in [0.15, 0.2) is 0 Å². The highest BCUT2D eigenvalue weighted by Crippen LogP contribution is 2.63. The molecule has 23 heavy (non-hydrogen) atoms. The highest BCUT2D eigenvalue weighted by molar-refractivity contribution is 5.87. The standard InChI is InChI=1S/C19H28O4/c1-18-6-5-11(20)7-10(18)8-13(21)16-12-3-4-15(23)19(12,2)9-14(22)17(16)18/h8,11-14,16-17,20-22H,3-7,9H2,1-2H3/t11-,12?,13-,14+,16+,17-,18-,19-/m0/s1. The largest absolute Gasteiger partial charge is 0.393 e. The average Bonchev–Trinajstić information content (AvgIpc) is 2.76. The quantitative estimate of drug-likeness (QED) is 0.595. The minimum atomic E-state index is -0.612. The van der Waals surface area contributed by atoms with Crippen LogP contribution in [0.15, 0.2) is 11.6 Å². The number of hydrogen-bond acceptors (Lipinski definition) is 4. The van der Waals surface area contributed by atoms with E-state index in [0.717, 1.165) is 24.8 Å². The summed E-state index contributed by atoms with van der Waals surface area (Å²) in [7, 11) is 0. The van der Waals surface area contributed by atoms with Gasteiger partial charge in [-0.2, -0.15) is 0 Å². The van der Waals surface area contributed by atoms with Crippen molar-refractivity contribution in [3.63, 3.8) is 0 Å². The molecule has 0 aliphatic heterocycles. The smallest absolute Gasteiger partial charge is 0.139 e. The Labute approximate surface area is 137 Å². The maximum atomic E-state index is 12.4. The number of carbonyl (C=O) groups is 1. The van der Waals surface area contributed by atoms with Gasteiger partial charge in [-0.3, -0.25) is 4.79 Å². The number of hydrogen-bond donors (Lipinski definition) is 3. The van der Waals surface area contributed by atoms with Crippen molar-refractivity contribution in [2.75, 3.05) is 0 Å². The lowest BCUT2D eigenvalue weighted by Crippen LogP contribution is -2.59. The molecule has 0 spiro atoms. The summed E-state index contributed by atoms with van der Waals surface area (Å²) in [4.78, 5) is 12.4. The fraction of sp³-hybridized carbons (Fsp3) is 0.842. The summed E-state index contributed by atoms with van der Waals surface area (Å²) in [5, 5.41) is 31.8. The van der Waals surface area contributed by atoms with Crippen LogP contribution in [0.3, 0.4) is 0 Å². The molecular weight excluding hydrogens is 292 g/mol. The molecule has 4 aliphatic carbocycles. The van der Waals surface area contributed by atoms with E-state index < -0.39 is 17.6 Å². The van der Waals surface area contributed by atoms with Crippen LogP contribution >= 0.6 is 0 Å². The van der Waals surface area contributed by atoms with Crippen molar-refractivity contribution in [1.82, 2.24) is 0 Å². The molecule has 0 aromatic heterocycles. The van der Waals surface area contributed by atoms with Crippen molar-refractivity contribution in [1.29, 1.82) is 0 Å². The Morgan fingerprint density at radius 1 is 1.13 bits per heavy atom. The average molecular weight is 320 g/mol. The molecule has 4 nitrogen and oxygen atoms in total. The van der Waals surface area contributed by atoms with E-state index in [1.807, 2.05) is 13.0 Å². The molecule has 0 saturated heterocycles. The normalized spacial score (nSPS) is 55.7. The summed E-state index contributed by atoms with van der Waals surface area (Å²) in [5.41, 5.74) is 0.476. The Morgan fingerprint density at radius 3 is 2.61 bits per heavy atom. The van der Waals surface area contributed by atoms with Crippen molar-refractivity contribution >= 4 is 5.78 Å². The van der Waals surface area contributed by atoms with E-state index >= 15 is 0 Å². The third-order valence-electron chi connectivity index (χ3n) is 7.75. The lowest BCUT2D eigenvalue weighted by atomic mass is 9.46. The summed E-state index contributed by atoms with van der Waals surface area (Å²) in [6.45, 7) is 4.18. The van der Waals surface area contributed by atoms with Crippen LogP contribution in [0, 0.1) is 28.6 Å². The summed E-state index contributed by atoms with van der Waals surface area (Å²) in [6, 6.07) is 0. The van der Waals surface area contributed by atoms with Crippen molar-refractivity contribution in [2.24, 2.45) is 28.6 Å². The number of ketones is 1. The number of carbonyl (C=O) groups excluding carboxylic acids is 1. The monoisotopic (exact) mass is 320 g/mol. The van der Waals surface area contributed by atoms with Gasteiger partial charge in [0.05, 0.1) is 18.3 Å². The van der Waals surface area contributed by atoms with Gasteiger partial charge < -0.3 is 15.3 Å². The topological polar surface area (TPSA) is 77.8 Å². The molecule has 3 fully saturated rings. The molecule has 1 unspecified atom stereocenters. The number of rotatable bonds is 0. The van der Waals surface area contributed by atoms with E-state index in [1.54, 1.807) is 0 Å². The van der Waals surface area contributed by atoms with E-state index in [-0.39, 0.29) is 35.1 Å². The molecule has 0 bridgehead atoms. The Bertz CT molecular complexity index is 570. The SMILES string of the molecule is C[C@]12CC[C@H](O)CC1=C[C@H](O)[C@H]1C3CCC(=O)[C@@]3(C)C[C@@H](O)[C@@H]12. The van der Waals surface area contributed by atoms with Gasteiger partial charge in [0.1, 0.15) is 5.78 Å². The maximum Gasteiger partial charge on any atom is 0.139 e. The van der Waals surface area contributed by atoms with Crippen LogP contribution in [-0.2, 0) is 4.79 Å². The van der Waals surface area contributed by atoms with Gasteiger partial charge in [0, 0.05) is 11.8 Å². The fourth-order valence-corrected chi connectivity index (χ4v) is 6.52. The number of Topliss-reactive ketones (excluding diaryl/α,β-unsaturated/α-hetero) is 1. The van der Waals surface area contributed by atoms with Gasteiger partial charge >= 0.3 is 0 Å². The molecule has 3 saturated carbocycles. The highest BCUT2D eigenvalue weighted by atomic mass is 16.3. The molecule has 0 radical (unpaired) electrons. The van der Waals surface area contributed by atoms with Gasteiger partial charge in [0.2, 0.25) is 0 Å². The van der Waals surface area contributed by atoms with Crippen LogP contribution in [0.4, 0.5) is 0 Å². The van der Waals surface area contributed by atoms with Gasteiger partial charge in [-0.15, -0.1) is 0 Å². The Kier molecular flexibility index (Phi) is 3.37. The zero-order valence-electron chi connectivity index (χ0n) is 14.0. The second kappa shape index (κ2) is 4.90. The third-order valence-corrected chi connectivity index (χ3v) is 7.75. The molecule has 0 heterocycles. The Balaban J connectivity index is 1.79. The second-order valence-electron chi connectivity index (χ2n) is 8.86. The van der Waals surface area contributed by atoms with Crippen molar-refractivity contribution in [2.45, 2.75) is 70.7 Å². The zero-order valence-corrected chi connectivity index (χ0v) is 14.0. The molecule has 0 aromatic carbocycles. The van der Waals surface area contributed by atoms with Gasteiger partial charge in [-0.1, -0.05) is 25.5 Å². The fourth-order valence-electron chi connectivity index (χ4n) is 6.52. The highest BCUT2D eigenvalue weighted by Gasteiger charge is 2.63. The predicted octanol–water partition coefficient (Wildman–Crippen LogP) is 1.82. The van der Waals surface area contributed by atoms with Crippen LogP contribution in [-0.4, -0.2) is 39.4 Å². The summed E-state index contributed by atoms with van der Waals surface area (Å²) in [5.74, 6) is 0.374. The first kappa shape index (κ1) is 15.8. The van der Waals surface area contributed by atoms with Crippen molar-refractivity contribution in [3.8, 4) is 0 Å². The third kappa shape index (κ3) is 1.98. The van der Waals surface area contributed by atoms with E-state index in [2.05, 4.69) is 6.92 Å². The number of aliphatic hydroxyl groups is 3. The van der Waals surface area contributed by atoms with E-state index in [1.165, 1.54) is 0 Å². The van der Waals surface area contributed by atoms with Crippen LogP contribution < -0.4 is 0 Å². The summed E-state index contributed by atoms with van der Waals surface area (Å²) in [6.07, 6.45) is 4.57. The van der Waals surface area contributed by atoms with Crippen LogP contribution in [0.2, 0.25) is 0 Å². The zero-order chi connectivity index (χ0) is 16.6. The molecule has 8 atom stereocenters. The molecule has 128 valence electrons. The van der Waals surface area contributed by atoms with Crippen molar-refractivity contribution < 1.29 is 20.1 Å². The Morgan fingerprint density at radius 2 is 1.87 bits per heavy atom. The molecule has 0 aromatic rings. The molecule has 0 amide bonds. The second-order valence-corrected chi connectivity index (χ2v) is 8.86. The molecule has 4 aliphatic rings. The van der Waals surface area contributed by atoms with Crippen LogP contribution in [0.25, 0.3) is 0 Å². The number of aliphatic hydroxyl groups excluding tert-OH is 3. The van der Waals surface area contributed by atoms with Crippen LogP contribution in [0.5, 0.6) is 0 Å². The van der Waals surface area contributed by atoms with Gasteiger partial charge in [-0.05, 0) is 55.3 Å². The first-order valence-corrected chi connectivity index (χ1v) is 9.06. The number of fused-ring (bicyclic) bond motifs is 5. The van der Waals surface area contributed by atoms with Crippen molar-refractivity contribution in [3.05, 3.63) is 11.6 Å². The maximum absolute atomic E-state index is 12.4. The minimum Gasteiger partial charge on any atom is -0.393 e. The Hall–Kier alpha value is -0.710. The summed E-state index contributed by atoms with van der Waals surface area (Å²) < 4.78 is 0. The molecule has 4 rings (SSSR count). The first-order valence-electron chi connectivity index (χ1n) is 9.06. The molecular formula is C19H28O4.